The Labute approximate surface area is 182 Å². The lowest BCUT2D eigenvalue weighted by molar-refractivity contribution is 0.0940. The van der Waals surface area contributed by atoms with Gasteiger partial charge in [0, 0.05) is 0 Å². The number of anilines is 1. The highest BCUT2D eigenvalue weighted by molar-refractivity contribution is 7.92. The van der Waals surface area contributed by atoms with Crippen molar-refractivity contribution in [3.63, 3.8) is 0 Å². The molecule has 0 aromatic heterocycles. The van der Waals surface area contributed by atoms with Gasteiger partial charge >= 0.3 is 0 Å². The maximum absolute atomic E-state index is 12.7. The molecule has 1 unspecified atom stereocenters. The van der Waals surface area contributed by atoms with Crippen molar-refractivity contribution in [2.75, 3.05) is 4.72 Å². The molecule has 0 saturated carbocycles. The summed E-state index contributed by atoms with van der Waals surface area (Å²) in [5, 5.41) is 3.11. The molecule has 0 aliphatic rings. The van der Waals surface area contributed by atoms with Crippen molar-refractivity contribution in [1.29, 1.82) is 0 Å². The maximum Gasteiger partial charge on any atom is 0.261 e. The Bertz CT molecular complexity index is 1180. The van der Waals surface area contributed by atoms with Gasteiger partial charge in [0.2, 0.25) is 0 Å². The predicted octanol–water partition coefficient (Wildman–Crippen LogP) is 5.25. The molecule has 7 heteroatoms. The summed E-state index contributed by atoms with van der Waals surface area (Å²) in [4.78, 5) is 12.9. The molecular formula is C23H23ClN2O3S. The number of carbonyl (C=O) groups is 1. The molecule has 0 spiro atoms. The molecule has 3 rings (SSSR count). The number of benzene rings is 3. The van der Waals surface area contributed by atoms with Crippen molar-refractivity contribution in [2.45, 2.75) is 31.7 Å². The van der Waals surface area contributed by atoms with Crippen LogP contribution in [0.25, 0.3) is 0 Å². The van der Waals surface area contributed by atoms with Gasteiger partial charge in [-0.25, -0.2) is 8.42 Å². The Balaban J connectivity index is 1.76. The van der Waals surface area contributed by atoms with E-state index in [1.54, 1.807) is 18.2 Å². The zero-order valence-corrected chi connectivity index (χ0v) is 18.5. The molecule has 30 heavy (non-hydrogen) atoms. The van der Waals surface area contributed by atoms with Gasteiger partial charge in [0.25, 0.3) is 15.9 Å². The van der Waals surface area contributed by atoms with Crippen LogP contribution in [0.1, 0.15) is 40.0 Å². The summed E-state index contributed by atoms with van der Waals surface area (Å²) in [7, 11) is -3.74. The van der Waals surface area contributed by atoms with E-state index < -0.39 is 10.0 Å². The number of hydrogen-bond donors (Lipinski definition) is 2. The zero-order valence-electron chi connectivity index (χ0n) is 16.9. The van der Waals surface area contributed by atoms with Crippen LogP contribution in [0.4, 0.5) is 5.69 Å². The molecule has 5 nitrogen and oxygen atoms in total. The summed E-state index contributed by atoms with van der Waals surface area (Å²) < 4.78 is 27.4. The van der Waals surface area contributed by atoms with E-state index in [1.807, 2.05) is 39.0 Å². The second-order valence-corrected chi connectivity index (χ2v) is 9.26. The van der Waals surface area contributed by atoms with Crippen molar-refractivity contribution >= 4 is 33.2 Å². The molecule has 0 aliphatic heterocycles. The van der Waals surface area contributed by atoms with Gasteiger partial charge < -0.3 is 5.32 Å². The van der Waals surface area contributed by atoms with Gasteiger partial charge in [-0.2, -0.15) is 0 Å². The van der Waals surface area contributed by atoms with Crippen LogP contribution in [-0.4, -0.2) is 14.3 Å². The number of halogens is 1. The van der Waals surface area contributed by atoms with Crippen molar-refractivity contribution in [1.82, 2.24) is 5.32 Å². The molecule has 1 atom stereocenters. The minimum atomic E-state index is -3.74. The first-order valence-electron chi connectivity index (χ1n) is 9.43. The highest BCUT2D eigenvalue weighted by Crippen LogP contribution is 2.25. The monoisotopic (exact) mass is 442 g/mol. The Kier molecular flexibility index (Phi) is 6.48. The Morgan fingerprint density at radius 1 is 0.967 bits per heavy atom. The zero-order chi connectivity index (χ0) is 21.9. The number of hydrogen-bond acceptors (Lipinski definition) is 3. The molecule has 3 aromatic rings. The minimum absolute atomic E-state index is 0.144. The second kappa shape index (κ2) is 8.90. The van der Waals surface area contributed by atoms with E-state index >= 15 is 0 Å². The van der Waals surface area contributed by atoms with Crippen LogP contribution >= 0.6 is 11.6 Å². The molecule has 1 amide bonds. The molecule has 0 heterocycles. The molecule has 0 saturated heterocycles. The quantitative estimate of drug-likeness (QED) is 0.547. The third-order valence-corrected chi connectivity index (χ3v) is 6.48. The molecule has 156 valence electrons. The standard InChI is InChI=1S/C23H23ClN2O3S/c1-15-9-10-16(2)21(13-15)17(3)25-23(27)20-12-11-18(14-22(20)24)26-30(28,29)19-7-5-4-6-8-19/h4-14,17,26H,1-3H3,(H,25,27). The predicted molar refractivity (Wildman–Crippen MR) is 120 cm³/mol. The maximum atomic E-state index is 12.7. The van der Waals surface area contributed by atoms with Gasteiger partial charge in [-0.15, -0.1) is 0 Å². The van der Waals surface area contributed by atoms with Gasteiger partial charge in [0.1, 0.15) is 0 Å². The highest BCUT2D eigenvalue weighted by Gasteiger charge is 2.18. The summed E-state index contributed by atoms with van der Waals surface area (Å²) in [6.45, 7) is 5.91. The van der Waals surface area contributed by atoms with Crippen molar-refractivity contribution in [2.24, 2.45) is 0 Å². The lowest BCUT2D eigenvalue weighted by atomic mass is 9.99. The summed E-state index contributed by atoms with van der Waals surface area (Å²) in [6, 6.07) is 18.4. The van der Waals surface area contributed by atoms with Crippen LogP contribution in [0.15, 0.2) is 71.6 Å². The van der Waals surface area contributed by atoms with Crippen molar-refractivity contribution in [3.05, 3.63) is 94.0 Å². The number of nitrogens with one attached hydrogen (secondary N) is 2. The van der Waals surface area contributed by atoms with E-state index in [9.17, 15) is 13.2 Å². The van der Waals surface area contributed by atoms with Crippen molar-refractivity contribution in [3.8, 4) is 0 Å². The third-order valence-electron chi connectivity index (χ3n) is 4.77. The Hall–Kier alpha value is -2.83. The van der Waals surface area contributed by atoms with Crippen LogP contribution < -0.4 is 10.0 Å². The van der Waals surface area contributed by atoms with Crippen LogP contribution in [0, 0.1) is 13.8 Å². The molecule has 0 aliphatic carbocycles. The summed E-state index contributed by atoms with van der Waals surface area (Å²) in [6.07, 6.45) is 0. The smallest absolute Gasteiger partial charge is 0.261 e. The fourth-order valence-electron chi connectivity index (χ4n) is 3.16. The highest BCUT2D eigenvalue weighted by atomic mass is 35.5. The van der Waals surface area contributed by atoms with Gasteiger partial charge in [0.15, 0.2) is 0 Å². The third kappa shape index (κ3) is 5.01. The minimum Gasteiger partial charge on any atom is -0.345 e. The number of amides is 1. The first kappa shape index (κ1) is 21.9. The second-order valence-electron chi connectivity index (χ2n) is 7.17. The van der Waals surface area contributed by atoms with E-state index in [-0.39, 0.29) is 33.1 Å². The molecule has 3 aromatic carbocycles. The van der Waals surface area contributed by atoms with Crippen molar-refractivity contribution < 1.29 is 13.2 Å². The molecule has 0 bridgehead atoms. The molecule has 0 fully saturated rings. The average Bonchev–Trinajstić information content (AvgIpc) is 2.70. The first-order chi connectivity index (χ1) is 14.2. The van der Waals surface area contributed by atoms with E-state index in [0.717, 1.165) is 16.7 Å². The molecule has 2 N–H and O–H groups in total. The van der Waals surface area contributed by atoms with Gasteiger partial charge in [0.05, 0.1) is 27.2 Å². The van der Waals surface area contributed by atoms with E-state index in [2.05, 4.69) is 10.0 Å². The Morgan fingerprint density at radius 3 is 2.33 bits per heavy atom. The lowest BCUT2D eigenvalue weighted by Crippen LogP contribution is -2.27. The SMILES string of the molecule is Cc1ccc(C)c(C(C)NC(=O)c2ccc(NS(=O)(=O)c3ccccc3)cc2Cl)c1. The van der Waals surface area contributed by atoms with Crippen LogP contribution in [0.3, 0.4) is 0 Å². The number of carbonyl (C=O) groups excluding carboxylic acids is 1. The van der Waals surface area contributed by atoms with E-state index in [0.29, 0.717) is 0 Å². The van der Waals surface area contributed by atoms with E-state index in [4.69, 9.17) is 11.6 Å². The van der Waals surface area contributed by atoms with Crippen LogP contribution in [0.5, 0.6) is 0 Å². The Morgan fingerprint density at radius 2 is 1.67 bits per heavy atom. The normalized spacial score (nSPS) is 12.3. The fourth-order valence-corrected chi connectivity index (χ4v) is 4.49. The summed E-state index contributed by atoms with van der Waals surface area (Å²) >= 11 is 6.29. The number of sulfonamides is 1. The molecular weight excluding hydrogens is 420 g/mol. The fraction of sp³-hybridized carbons (Fsp3) is 0.174. The summed E-state index contributed by atoms with van der Waals surface area (Å²) in [5.41, 5.74) is 3.79. The van der Waals surface area contributed by atoms with Gasteiger partial charge in [-0.05, 0) is 62.2 Å². The number of rotatable bonds is 6. The van der Waals surface area contributed by atoms with Gasteiger partial charge in [-0.3, -0.25) is 9.52 Å². The number of aryl methyl sites for hydroxylation is 2. The first-order valence-corrected chi connectivity index (χ1v) is 11.3. The lowest BCUT2D eigenvalue weighted by Gasteiger charge is -2.18. The van der Waals surface area contributed by atoms with E-state index in [1.165, 1.54) is 30.3 Å². The van der Waals surface area contributed by atoms with Crippen LogP contribution in [0.2, 0.25) is 5.02 Å². The molecule has 0 radical (unpaired) electrons. The van der Waals surface area contributed by atoms with Gasteiger partial charge in [-0.1, -0.05) is 53.6 Å². The van der Waals surface area contributed by atoms with Crippen LogP contribution in [-0.2, 0) is 10.0 Å². The average molecular weight is 443 g/mol. The largest absolute Gasteiger partial charge is 0.345 e. The topological polar surface area (TPSA) is 75.3 Å². The summed E-state index contributed by atoms with van der Waals surface area (Å²) in [5.74, 6) is -0.328.